The van der Waals surface area contributed by atoms with Gasteiger partial charge in [-0.2, -0.15) is 0 Å². The van der Waals surface area contributed by atoms with Crippen LogP contribution >= 0.6 is 0 Å². The molecule has 1 heterocycles. The molecule has 0 bridgehead atoms. The molecule has 3 heteroatoms. The number of piperazine rings is 1. The minimum absolute atomic E-state index is 0.669. The molecule has 0 aliphatic carbocycles. The second-order valence-electron chi connectivity index (χ2n) is 4.95. The van der Waals surface area contributed by atoms with Crippen LogP contribution < -0.4 is 5.73 Å². The molecule has 2 rings (SSSR count). The maximum absolute atomic E-state index is 5.70. The molecule has 1 aromatic carbocycles. The number of hydrogen-bond donors (Lipinski definition) is 1. The molecule has 94 valence electrons. The molecule has 17 heavy (non-hydrogen) atoms. The molecule has 1 aromatic rings. The Labute approximate surface area is 104 Å². The molecule has 1 atom stereocenters. The van der Waals surface area contributed by atoms with Crippen molar-refractivity contribution in [1.82, 2.24) is 9.80 Å². The van der Waals surface area contributed by atoms with E-state index in [0.717, 1.165) is 25.3 Å². The Morgan fingerprint density at radius 2 is 1.94 bits per heavy atom. The molecular weight excluding hydrogens is 210 g/mol. The van der Waals surface area contributed by atoms with Crippen molar-refractivity contribution < 1.29 is 0 Å². The predicted octanol–water partition coefficient (Wildman–Crippen LogP) is 1.79. The van der Waals surface area contributed by atoms with E-state index in [1.165, 1.54) is 18.7 Å². The van der Waals surface area contributed by atoms with Gasteiger partial charge < -0.3 is 5.73 Å². The van der Waals surface area contributed by atoms with Gasteiger partial charge in [0.2, 0.25) is 0 Å². The number of benzene rings is 1. The smallest absolute Gasteiger partial charge is 0.0314 e. The standard InChI is InChI=1S/C14H23N3/c1-3-17-9-8-16(10-12(17)2)11-13-4-6-14(15)7-5-13/h4-7,12H,3,8-11,15H2,1-2H3. The highest BCUT2D eigenvalue weighted by atomic mass is 15.3. The fraction of sp³-hybridized carbons (Fsp3) is 0.571. The lowest BCUT2D eigenvalue weighted by Gasteiger charge is -2.39. The zero-order chi connectivity index (χ0) is 12.3. The van der Waals surface area contributed by atoms with Crippen LogP contribution in [0.4, 0.5) is 5.69 Å². The van der Waals surface area contributed by atoms with E-state index in [-0.39, 0.29) is 0 Å². The summed E-state index contributed by atoms with van der Waals surface area (Å²) in [6, 6.07) is 8.91. The Bertz CT molecular complexity index is 347. The third-order valence-corrected chi connectivity index (χ3v) is 3.64. The van der Waals surface area contributed by atoms with Gasteiger partial charge in [-0.05, 0) is 31.2 Å². The molecule has 2 N–H and O–H groups in total. The topological polar surface area (TPSA) is 32.5 Å². The number of nitrogens with two attached hydrogens (primary N) is 1. The zero-order valence-electron chi connectivity index (χ0n) is 10.9. The average molecular weight is 233 g/mol. The largest absolute Gasteiger partial charge is 0.399 e. The van der Waals surface area contributed by atoms with E-state index in [1.807, 2.05) is 12.1 Å². The summed E-state index contributed by atoms with van der Waals surface area (Å²) in [6.07, 6.45) is 0. The van der Waals surface area contributed by atoms with Crippen molar-refractivity contribution in [3.63, 3.8) is 0 Å². The van der Waals surface area contributed by atoms with Crippen molar-refractivity contribution in [1.29, 1.82) is 0 Å². The Balaban J connectivity index is 1.90. The molecule has 0 aromatic heterocycles. The number of nitrogens with zero attached hydrogens (tertiary/aromatic N) is 2. The van der Waals surface area contributed by atoms with Gasteiger partial charge in [-0.1, -0.05) is 19.1 Å². The monoisotopic (exact) mass is 233 g/mol. The molecule has 3 nitrogen and oxygen atoms in total. The van der Waals surface area contributed by atoms with E-state index in [1.54, 1.807) is 0 Å². The quantitative estimate of drug-likeness (QED) is 0.808. The molecule has 0 amide bonds. The first-order chi connectivity index (χ1) is 8.19. The number of hydrogen-bond acceptors (Lipinski definition) is 3. The Hall–Kier alpha value is -1.06. The summed E-state index contributed by atoms with van der Waals surface area (Å²) >= 11 is 0. The molecule has 1 aliphatic rings. The van der Waals surface area contributed by atoms with Crippen molar-refractivity contribution in [3.05, 3.63) is 29.8 Å². The predicted molar refractivity (Wildman–Crippen MR) is 72.8 cm³/mol. The van der Waals surface area contributed by atoms with Crippen molar-refractivity contribution in [3.8, 4) is 0 Å². The van der Waals surface area contributed by atoms with Crippen LogP contribution in [0, 0.1) is 0 Å². The highest BCUT2D eigenvalue weighted by molar-refractivity contribution is 5.39. The number of anilines is 1. The molecule has 1 fully saturated rings. The fourth-order valence-electron chi connectivity index (χ4n) is 2.57. The van der Waals surface area contributed by atoms with Crippen LogP contribution in [0.1, 0.15) is 19.4 Å². The van der Waals surface area contributed by atoms with E-state index in [2.05, 4.69) is 35.8 Å². The van der Waals surface area contributed by atoms with Gasteiger partial charge in [-0.15, -0.1) is 0 Å². The zero-order valence-corrected chi connectivity index (χ0v) is 10.9. The third-order valence-electron chi connectivity index (χ3n) is 3.64. The van der Waals surface area contributed by atoms with Crippen LogP contribution in [0.15, 0.2) is 24.3 Å². The van der Waals surface area contributed by atoms with Crippen LogP contribution in [0.3, 0.4) is 0 Å². The van der Waals surface area contributed by atoms with E-state index >= 15 is 0 Å². The minimum Gasteiger partial charge on any atom is -0.399 e. The van der Waals surface area contributed by atoms with E-state index in [0.29, 0.717) is 6.04 Å². The Morgan fingerprint density at radius 1 is 1.24 bits per heavy atom. The molecule has 0 spiro atoms. The lowest BCUT2D eigenvalue weighted by Crippen LogP contribution is -2.51. The van der Waals surface area contributed by atoms with Crippen LogP contribution in [0.2, 0.25) is 0 Å². The molecule has 0 radical (unpaired) electrons. The van der Waals surface area contributed by atoms with Gasteiger partial charge in [0.1, 0.15) is 0 Å². The molecular formula is C14H23N3. The summed E-state index contributed by atoms with van der Waals surface area (Å²) in [5.74, 6) is 0. The highest BCUT2D eigenvalue weighted by Crippen LogP contribution is 2.13. The fourth-order valence-corrected chi connectivity index (χ4v) is 2.57. The second-order valence-corrected chi connectivity index (χ2v) is 4.95. The Kier molecular flexibility index (Phi) is 4.02. The van der Waals surface area contributed by atoms with Crippen LogP contribution in [-0.4, -0.2) is 42.0 Å². The first kappa shape index (κ1) is 12.4. The highest BCUT2D eigenvalue weighted by Gasteiger charge is 2.21. The van der Waals surface area contributed by atoms with E-state index in [4.69, 9.17) is 5.73 Å². The first-order valence-corrected chi connectivity index (χ1v) is 6.50. The number of nitrogen functional groups attached to an aromatic ring is 1. The van der Waals surface area contributed by atoms with Gasteiger partial charge in [0.25, 0.3) is 0 Å². The van der Waals surface area contributed by atoms with Gasteiger partial charge in [0.05, 0.1) is 0 Å². The van der Waals surface area contributed by atoms with Crippen LogP contribution in [-0.2, 0) is 6.54 Å². The van der Waals surface area contributed by atoms with Crippen LogP contribution in [0.25, 0.3) is 0 Å². The molecule has 1 saturated heterocycles. The second kappa shape index (κ2) is 5.52. The Morgan fingerprint density at radius 3 is 2.53 bits per heavy atom. The number of rotatable bonds is 3. The summed E-state index contributed by atoms with van der Waals surface area (Å²) < 4.78 is 0. The molecule has 0 saturated carbocycles. The minimum atomic E-state index is 0.669. The lowest BCUT2D eigenvalue weighted by atomic mass is 10.1. The SMILES string of the molecule is CCN1CCN(Cc2ccc(N)cc2)CC1C. The third kappa shape index (κ3) is 3.20. The first-order valence-electron chi connectivity index (χ1n) is 6.50. The normalized spacial score (nSPS) is 22.8. The molecule has 1 unspecified atom stereocenters. The van der Waals surface area contributed by atoms with Gasteiger partial charge in [-0.3, -0.25) is 9.80 Å². The lowest BCUT2D eigenvalue weighted by molar-refractivity contribution is 0.0834. The maximum Gasteiger partial charge on any atom is 0.0314 e. The van der Waals surface area contributed by atoms with E-state index < -0.39 is 0 Å². The van der Waals surface area contributed by atoms with E-state index in [9.17, 15) is 0 Å². The number of likely N-dealkylation sites (N-methyl/N-ethyl adjacent to an activating group) is 1. The van der Waals surface area contributed by atoms with Gasteiger partial charge >= 0.3 is 0 Å². The summed E-state index contributed by atoms with van der Waals surface area (Å²) in [7, 11) is 0. The summed E-state index contributed by atoms with van der Waals surface area (Å²) in [5, 5.41) is 0. The van der Waals surface area contributed by atoms with Gasteiger partial charge in [0.15, 0.2) is 0 Å². The summed E-state index contributed by atoms with van der Waals surface area (Å²) in [5.41, 5.74) is 7.90. The van der Waals surface area contributed by atoms with Crippen molar-refractivity contribution in [2.75, 3.05) is 31.9 Å². The average Bonchev–Trinajstić information content (AvgIpc) is 2.32. The van der Waals surface area contributed by atoms with Gasteiger partial charge in [-0.25, -0.2) is 0 Å². The van der Waals surface area contributed by atoms with Gasteiger partial charge in [0, 0.05) is 37.9 Å². The summed E-state index contributed by atoms with van der Waals surface area (Å²) in [4.78, 5) is 5.07. The van der Waals surface area contributed by atoms with Crippen molar-refractivity contribution in [2.24, 2.45) is 0 Å². The van der Waals surface area contributed by atoms with Crippen molar-refractivity contribution >= 4 is 5.69 Å². The van der Waals surface area contributed by atoms with Crippen molar-refractivity contribution in [2.45, 2.75) is 26.4 Å². The molecule has 1 aliphatic heterocycles. The summed E-state index contributed by atoms with van der Waals surface area (Å²) in [6.45, 7) is 10.3. The van der Waals surface area contributed by atoms with Crippen LogP contribution in [0.5, 0.6) is 0 Å². The maximum atomic E-state index is 5.70.